The maximum absolute atomic E-state index is 11.8. The first-order valence-corrected chi connectivity index (χ1v) is 9.12. The third-order valence-corrected chi connectivity index (χ3v) is 6.11. The number of hydrogen-bond donors (Lipinski definition) is 2. The van der Waals surface area contributed by atoms with Crippen molar-refractivity contribution in [1.82, 2.24) is 15.5 Å². The van der Waals surface area contributed by atoms with Crippen LogP contribution in [0.3, 0.4) is 0 Å². The van der Waals surface area contributed by atoms with Crippen LogP contribution in [0.5, 0.6) is 0 Å². The van der Waals surface area contributed by atoms with Crippen LogP contribution < -0.4 is 10.6 Å². The van der Waals surface area contributed by atoms with Crippen molar-refractivity contribution in [2.24, 2.45) is 4.99 Å². The molecule has 4 aliphatic rings. The number of hydrogen-bond acceptors (Lipinski definition) is 5. The van der Waals surface area contributed by atoms with Gasteiger partial charge in [-0.25, -0.2) is 0 Å². The standard InChI is InChI=1S/C19H22N4O2/c24-16-8-23(9-17(25)22-16)11-19-7-15-12(4-2-6-20-15)13-3-1-5-14(18(13)19)21-10-19/h1,3,5,10,12,15,20H,2,4,6-9,11H2,(H,22,24,25)/t12-,15-,19?/m1/s1. The Morgan fingerprint density at radius 2 is 2.08 bits per heavy atom. The third kappa shape index (κ3) is 2.35. The quantitative estimate of drug-likeness (QED) is 0.784. The molecular formula is C19H22N4O2. The fourth-order valence-electron chi connectivity index (χ4n) is 5.25. The smallest absolute Gasteiger partial charge is 0.240 e. The monoisotopic (exact) mass is 338 g/mol. The summed E-state index contributed by atoms with van der Waals surface area (Å²) in [6, 6.07) is 6.88. The minimum absolute atomic E-state index is 0.199. The van der Waals surface area contributed by atoms with Gasteiger partial charge in [0.1, 0.15) is 0 Å². The number of carbonyl (C=O) groups is 2. The van der Waals surface area contributed by atoms with Gasteiger partial charge in [-0.3, -0.25) is 24.8 Å². The number of piperidine rings is 1. The summed E-state index contributed by atoms with van der Waals surface area (Å²) in [5, 5.41) is 6.09. The Balaban J connectivity index is 1.54. The van der Waals surface area contributed by atoms with Crippen LogP contribution in [0.25, 0.3) is 0 Å². The van der Waals surface area contributed by atoms with E-state index in [1.165, 1.54) is 24.0 Å². The van der Waals surface area contributed by atoms with Crippen molar-refractivity contribution < 1.29 is 9.59 Å². The molecule has 2 amide bonds. The predicted molar refractivity (Wildman–Crippen MR) is 94.2 cm³/mol. The average Bonchev–Trinajstić information content (AvgIpc) is 2.94. The highest BCUT2D eigenvalue weighted by atomic mass is 16.2. The zero-order chi connectivity index (χ0) is 17.0. The highest BCUT2D eigenvalue weighted by molar-refractivity contribution is 5.99. The van der Waals surface area contributed by atoms with Crippen LogP contribution in [0, 0.1) is 0 Å². The number of benzene rings is 1. The number of nitrogens with zero attached hydrogens (tertiary/aromatic N) is 2. The Labute approximate surface area is 146 Å². The number of fused-ring (bicyclic) bond motifs is 2. The van der Waals surface area contributed by atoms with E-state index < -0.39 is 0 Å². The molecule has 1 aromatic carbocycles. The normalized spacial score (nSPS) is 33.8. The van der Waals surface area contributed by atoms with E-state index in [1.54, 1.807) is 0 Å². The molecule has 0 saturated carbocycles. The van der Waals surface area contributed by atoms with Crippen molar-refractivity contribution in [2.75, 3.05) is 26.2 Å². The first-order chi connectivity index (χ1) is 12.1. The minimum atomic E-state index is -0.208. The minimum Gasteiger partial charge on any atom is -0.313 e. The summed E-state index contributed by atoms with van der Waals surface area (Å²) in [5.41, 5.74) is 3.61. The number of amides is 2. The third-order valence-electron chi connectivity index (χ3n) is 6.11. The molecule has 6 heteroatoms. The molecule has 0 aromatic heterocycles. The first-order valence-electron chi connectivity index (χ1n) is 9.12. The van der Waals surface area contributed by atoms with Crippen LogP contribution in [0.15, 0.2) is 23.2 Å². The van der Waals surface area contributed by atoms with Gasteiger partial charge in [-0.2, -0.15) is 0 Å². The zero-order valence-electron chi connectivity index (χ0n) is 14.1. The number of carbonyl (C=O) groups excluding carboxylic acids is 2. The molecule has 3 heterocycles. The van der Waals surface area contributed by atoms with Gasteiger partial charge in [-0.1, -0.05) is 12.1 Å². The number of nitrogens with one attached hydrogen (secondary N) is 2. The molecule has 3 aliphatic heterocycles. The lowest BCUT2D eigenvalue weighted by Crippen LogP contribution is -2.57. The summed E-state index contributed by atoms with van der Waals surface area (Å²) >= 11 is 0. The Hall–Kier alpha value is -2.05. The Kier molecular flexibility index (Phi) is 3.33. The molecular weight excluding hydrogens is 316 g/mol. The number of aliphatic imine (C=N–C) groups is 1. The van der Waals surface area contributed by atoms with E-state index in [0.717, 1.165) is 18.7 Å². The number of imide groups is 1. The fourth-order valence-corrected chi connectivity index (χ4v) is 5.25. The molecule has 0 bridgehead atoms. The van der Waals surface area contributed by atoms with Gasteiger partial charge in [-0.15, -0.1) is 0 Å². The van der Waals surface area contributed by atoms with E-state index in [0.29, 0.717) is 18.5 Å². The lowest BCUT2D eigenvalue weighted by Gasteiger charge is -2.47. The van der Waals surface area contributed by atoms with Gasteiger partial charge in [0, 0.05) is 24.2 Å². The van der Waals surface area contributed by atoms with Crippen molar-refractivity contribution in [3.05, 3.63) is 29.3 Å². The predicted octanol–water partition coefficient (Wildman–Crippen LogP) is 0.838. The van der Waals surface area contributed by atoms with E-state index in [1.807, 2.05) is 4.90 Å². The molecule has 5 rings (SSSR count). The lowest BCUT2D eigenvalue weighted by molar-refractivity contribution is -0.136. The van der Waals surface area contributed by atoms with Crippen LogP contribution >= 0.6 is 0 Å². The van der Waals surface area contributed by atoms with E-state index in [9.17, 15) is 9.59 Å². The van der Waals surface area contributed by atoms with Gasteiger partial charge in [0.05, 0.1) is 18.8 Å². The van der Waals surface area contributed by atoms with E-state index in [-0.39, 0.29) is 30.3 Å². The SMILES string of the molecule is O=C1CN(CC23C=Nc4cccc(c42)[C@H]2CCCN[C@@H]2C3)CC(=O)N1. The average molecular weight is 338 g/mol. The zero-order valence-corrected chi connectivity index (χ0v) is 14.1. The fraction of sp³-hybridized carbons (Fsp3) is 0.526. The molecule has 1 aromatic rings. The lowest BCUT2D eigenvalue weighted by atomic mass is 9.63. The topological polar surface area (TPSA) is 73.8 Å². The Morgan fingerprint density at radius 1 is 1.24 bits per heavy atom. The Morgan fingerprint density at radius 3 is 2.92 bits per heavy atom. The molecule has 2 saturated heterocycles. The van der Waals surface area contributed by atoms with Crippen molar-refractivity contribution in [3.63, 3.8) is 0 Å². The second kappa shape index (κ2) is 5.47. The van der Waals surface area contributed by atoms with Gasteiger partial charge in [0.2, 0.25) is 11.8 Å². The van der Waals surface area contributed by atoms with Crippen molar-refractivity contribution in [3.8, 4) is 0 Å². The summed E-state index contributed by atoms with van der Waals surface area (Å²) in [5.74, 6) is 0.131. The molecule has 2 N–H and O–H groups in total. The van der Waals surface area contributed by atoms with Gasteiger partial charge < -0.3 is 5.32 Å². The van der Waals surface area contributed by atoms with Crippen LogP contribution in [-0.2, 0) is 15.0 Å². The van der Waals surface area contributed by atoms with E-state index in [2.05, 4.69) is 35.0 Å². The van der Waals surface area contributed by atoms with Crippen LogP contribution in [0.1, 0.15) is 36.3 Å². The Bertz CT molecular complexity index is 774. The largest absolute Gasteiger partial charge is 0.313 e. The van der Waals surface area contributed by atoms with Crippen molar-refractivity contribution >= 4 is 23.7 Å². The maximum atomic E-state index is 11.8. The molecule has 25 heavy (non-hydrogen) atoms. The maximum Gasteiger partial charge on any atom is 0.240 e. The van der Waals surface area contributed by atoms with Crippen molar-refractivity contribution in [1.29, 1.82) is 0 Å². The molecule has 130 valence electrons. The van der Waals surface area contributed by atoms with Gasteiger partial charge in [0.15, 0.2) is 0 Å². The van der Waals surface area contributed by atoms with Gasteiger partial charge >= 0.3 is 0 Å². The number of rotatable bonds is 2. The molecule has 3 atom stereocenters. The summed E-state index contributed by atoms with van der Waals surface area (Å²) in [4.78, 5) is 30.3. The van der Waals surface area contributed by atoms with Crippen LogP contribution in [-0.4, -0.2) is 55.1 Å². The molecule has 0 radical (unpaired) electrons. The molecule has 1 unspecified atom stereocenters. The molecule has 6 nitrogen and oxygen atoms in total. The molecule has 1 aliphatic carbocycles. The van der Waals surface area contributed by atoms with E-state index in [4.69, 9.17) is 4.99 Å². The second-order valence-corrected chi connectivity index (χ2v) is 7.79. The van der Waals surface area contributed by atoms with Crippen LogP contribution in [0.2, 0.25) is 0 Å². The summed E-state index contributed by atoms with van der Waals surface area (Å²) in [7, 11) is 0. The summed E-state index contributed by atoms with van der Waals surface area (Å²) < 4.78 is 0. The first kappa shape index (κ1) is 15.2. The van der Waals surface area contributed by atoms with Gasteiger partial charge in [0.25, 0.3) is 0 Å². The van der Waals surface area contributed by atoms with Crippen LogP contribution in [0.4, 0.5) is 5.69 Å². The highest BCUT2D eigenvalue weighted by Crippen LogP contribution is 2.51. The summed E-state index contributed by atoms with van der Waals surface area (Å²) in [6.07, 6.45) is 5.48. The highest BCUT2D eigenvalue weighted by Gasteiger charge is 2.49. The second-order valence-electron chi connectivity index (χ2n) is 7.79. The van der Waals surface area contributed by atoms with Crippen molar-refractivity contribution in [2.45, 2.75) is 36.6 Å². The summed E-state index contributed by atoms with van der Waals surface area (Å²) in [6.45, 7) is 2.29. The number of piperazine rings is 1. The van der Waals surface area contributed by atoms with Gasteiger partial charge in [-0.05, 0) is 48.9 Å². The van der Waals surface area contributed by atoms with E-state index >= 15 is 0 Å². The molecule has 0 spiro atoms. The molecule has 2 fully saturated rings.